The fraction of sp³-hybridized carbons (Fsp3) is 0.190. The molecule has 5 rings (SSSR count). The average molecular weight is 514 g/mol. The Labute approximate surface area is 185 Å². The molecule has 2 N–H and O–H groups in total. The van der Waals surface area contributed by atoms with Crippen molar-refractivity contribution in [3.05, 3.63) is 63.1 Å². The molecule has 0 aliphatic rings. The van der Waals surface area contributed by atoms with E-state index in [1.54, 1.807) is 0 Å². The van der Waals surface area contributed by atoms with Gasteiger partial charge >= 0.3 is 0 Å². The summed E-state index contributed by atoms with van der Waals surface area (Å²) in [6.45, 7) is 4.35. The van der Waals surface area contributed by atoms with Crippen LogP contribution in [-0.2, 0) is 6.42 Å². The number of nitrogen functional groups attached to an aromatic ring is 1. The summed E-state index contributed by atoms with van der Waals surface area (Å²) in [6, 6.07) is 12.9. The smallest absolute Gasteiger partial charge is 0.165 e. The standard InChI is InChI=1S/C21H19IN6S/c1-3-14-7-8-16(29-14)18-15(10-13-6-4-5-9-27(13)18)12(2)28-21-17(19(22)26-28)20(23)24-11-25-21/h4-12H,3H2,1-2H3,(H2,23,24,25). The van der Waals surface area contributed by atoms with Gasteiger partial charge in [0.15, 0.2) is 5.65 Å². The number of rotatable bonds is 4. The second-order valence-electron chi connectivity index (χ2n) is 6.93. The van der Waals surface area contributed by atoms with Crippen LogP contribution in [-0.4, -0.2) is 24.1 Å². The summed E-state index contributed by atoms with van der Waals surface area (Å²) in [6.07, 6.45) is 4.66. The van der Waals surface area contributed by atoms with Crippen LogP contribution in [0, 0.1) is 3.70 Å². The van der Waals surface area contributed by atoms with Gasteiger partial charge < -0.3 is 10.1 Å². The Morgan fingerprint density at radius 3 is 2.86 bits per heavy atom. The molecule has 0 saturated carbocycles. The van der Waals surface area contributed by atoms with Gasteiger partial charge in [-0.25, -0.2) is 14.6 Å². The molecule has 146 valence electrons. The molecule has 1 atom stereocenters. The molecule has 29 heavy (non-hydrogen) atoms. The molecular weight excluding hydrogens is 495 g/mol. The number of pyridine rings is 1. The van der Waals surface area contributed by atoms with Crippen LogP contribution in [0.5, 0.6) is 0 Å². The Bertz CT molecular complexity index is 1350. The van der Waals surface area contributed by atoms with Crippen molar-refractivity contribution in [3.8, 4) is 10.6 Å². The van der Waals surface area contributed by atoms with E-state index in [2.05, 4.69) is 93.4 Å². The minimum Gasteiger partial charge on any atom is -0.383 e. The molecule has 0 fully saturated rings. The van der Waals surface area contributed by atoms with Gasteiger partial charge in [0.2, 0.25) is 0 Å². The predicted octanol–water partition coefficient (Wildman–Crippen LogP) is 5.17. The number of thiophene rings is 1. The first-order valence-electron chi connectivity index (χ1n) is 9.41. The van der Waals surface area contributed by atoms with Crippen LogP contribution in [0.15, 0.2) is 48.9 Å². The van der Waals surface area contributed by atoms with Crippen LogP contribution in [0.25, 0.3) is 27.1 Å². The Balaban J connectivity index is 1.75. The van der Waals surface area contributed by atoms with E-state index in [-0.39, 0.29) is 6.04 Å². The summed E-state index contributed by atoms with van der Waals surface area (Å²) in [5.74, 6) is 0.464. The lowest BCUT2D eigenvalue weighted by Crippen LogP contribution is -2.10. The number of anilines is 1. The Kier molecular flexibility index (Phi) is 4.54. The van der Waals surface area contributed by atoms with E-state index in [4.69, 9.17) is 10.8 Å². The SMILES string of the molecule is CCc1ccc(-c2c(C(C)n3nc(I)c4c(N)ncnc43)cc3ccccn23)s1. The van der Waals surface area contributed by atoms with Crippen molar-refractivity contribution in [2.45, 2.75) is 26.3 Å². The Morgan fingerprint density at radius 2 is 2.07 bits per heavy atom. The lowest BCUT2D eigenvalue weighted by atomic mass is 10.1. The zero-order chi connectivity index (χ0) is 20.1. The lowest BCUT2D eigenvalue weighted by Gasteiger charge is -2.14. The van der Waals surface area contributed by atoms with Crippen LogP contribution in [0.1, 0.15) is 30.3 Å². The van der Waals surface area contributed by atoms with E-state index >= 15 is 0 Å². The number of fused-ring (bicyclic) bond motifs is 2. The summed E-state index contributed by atoms with van der Waals surface area (Å²) in [4.78, 5) is 11.3. The fourth-order valence-electron chi connectivity index (χ4n) is 3.77. The van der Waals surface area contributed by atoms with Crippen molar-refractivity contribution in [2.75, 3.05) is 5.73 Å². The lowest BCUT2D eigenvalue weighted by molar-refractivity contribution is 0.577. The second-order valence-corrected chi connectivity index (χ2v) is 9.12. The van der Waals surface area contributed by atoms with Gasteiger partial charge in [-0.2, -0.15) is 5.10 Å². The predicted molar refractivity (Wildman–Crippen MR) is 126 cm³/mol. The van der Waals surface area contributed by atoms with E-state index in [1.807, 2.05) is 16.0 Å². The first-order valence-corrected chi connectivity index (χ1v) is 11.3. The monoisotopic (exact) mass is 514 g/mol. The summed E-state index contributed by atoms with van der Waals surface area (Å²) in [5.41, 5.74) is 10.4. The number of aromatic nitrogens is 5. The molecule has 0 aliphatic heterocycles. The highest BCUT2D eigenvalue weighted by atomic mass is 127. The van der Waals surface area contributed by atoms with Gasteiger partial charge in [0.1, 0.15) is 15.8 Å². The molecule has 0 radical (unpaired) electrons. The van der Waals surface area contributed by atoms with E-state index in [1.165, 1.54) is 27.3 Å². The zero-order valence-electron chi connectivity index (χ0n) is 16.0. The second kappa shape index (κ2) is 7.10. The van der Waals surface area contributed by atoms with Crippen molar-refractivity contribution in [1.29, 1.82) is 0 Å². The van der Waals surface area contributed by atoms with Crippen molar-refractivity contribution < 1.29 is 0 Å². The third-order valence-electron chi connectivity index (χ3n) is 5.25. The molecular formula is C21H19IN6S. The Hall–Kier alpha value is -2.46. The van der Waals surface area contributed by atoms with Crippen LogP contribution >= 0.6 is 33.9 Å². The van der Waals surface area contributed by atoms with Crippen LogP contribution in [0.2, 0.25) is 0 Å². The van der Waals surface area contributed by atoms with Gasteiger partial charge in [-0.3, -0.25) is 0 Å². The van der Waals surface area contributed by atoms with Gasteiger partial charge in [0.05, 0.1) is 22.0 Å². The number of hydrogen-bond donors (Lipinski definition) is 1. The van der Waals surface area contributed by atoms with Gasteiger partial charge in [-0.05, 0) is 66.3 Å². The summed E-state index contributed by atoms with van der Waals surface area (Å²) >= 11 is 4.05. The van der Waals surface area contributed by atoms with Gasteiger partial charge in [-0.15, -0.1) is 11.3 Å². The molecule has 0 aliphatic carbocycles. The molecule has 0 bridgehead atoms. The quantitative estimate of drug-likeness (QED) is 0.336. The normalized spacial score (nSPS) is 12.8. The molecule has 5 heterocycles. The van der Waals surface area contributed by atoms with Crippen molar-refractivity contribution >= 4 is 56.3 Å². The highest BCUT2D eigenvalue weighted by Crippen LogP contribution is 2.38. The summed E-state index contributed by atoms with van der Waals surface area (Å²) < 4.78 is 5.04. The molecule has 8 heteroatoms. The minimum absolute atomic E-state index is 0.0163. The zero-order valence-corrected chi connectivity index (χ0v) is 19.0. The first-order chi connectivity index (χ1) is 14.1. The third kappa shape index (κ3) is 2.93. The number of nitrogens with two attached hydrogens (primary N) is 1. The van der Waals surface area contributed by atoms with Gasteiger partial charge in [0, 0.05) is 22.2 Å². The molecule has 5 aromatic heterocycles. The highest BCUT2D eigenvalue weighted by molar-refractivity contribution is 14.1. The van der Waals surface area contributed by atoms with Gasteiger partial charge in [-0.1, -0.05) is 13.0 Å². The highest BCUT2D eigenvalue weighted by Gasteiger charge is 2.24. The van der Waals surface area contributed by atoms with Crippen LogP contribution < -0.4 is 5.73 Å². The minimum atomic E-state index is -0.0163. The first kappa shape index (κ1) is 18.6. The van der Waals surface area contributed by atoms with Crippen molar-refractivity contribution in [1.82, 2.24) is 24.1 Å². The largest absolute Gasteiger partial charge is 0.383 e. The average Bonchev–Trinajstić information content (AvgIpc) is 3.42. The van der Waals surface area contributed by atoms with E-state index < -0.39 is 0 Å². The number of halogens is 1. The molecule has 6 nitrogen and oxygen atoms in total. The van der Waals surface area contributed by atoms with Crippen molar-refractivity contribution in [3.63, 3.8) is 0 Å². The maximum atomic E-state index is 6.10. The number of nitrogens with zero attached hydrogens (tertiary/aromatic N) is 5. The van der Waals surface area contributed by atoms with Crippen LogP contribution in [0.4, 0.5) is 5.82 Å². The molecule has 0 spiro atoms. The van der Waals surface area contributed by atoms with Crippen molar-refractivity contribution in [2.24, 2.45) is 0 Å². The topological polar surface area (TPSA) is 74.0 Å². The maximum absolute atomic E-state index is 6.10. The fourth-order valence-corrected chi connectivity index (χ4v) is 5.54. The third-order valence-corrected chi connectivity index (χ3v) is 7.24. The number of hydrogen-bond acceptors (Lipinski definition) is 5. The number of aryl methyl sites for hydroxylation is 1. The van der Waals surface area contributed by atoms with Crippen LogP contribution in [0.3, 0.4) is 0 Å². The summed E-state index contributed by atoms with van der Waals surface area (Å²) in [5, 5.41) is 5.58. The molecule has 0 aromatic carbocycles. The summed E-state index contributed by atoms with van der Waals surface area (Å²) in [7, 11) is 0. The van der Waals surface area contributed by atoms with Gasteiger partial charge in [0.25, 0.3) is 0 Å². The Morgan fingerprint density at radius 1 is 1.21 bits per heavy atom. The molecule has 0 saturated heterocycles. The van der Waals surface area contributed by atoms with E-state index in [0.29, 0.717) is 5.82 Å². The van der Waals surface area contributed by atoms with E-state index in [9.17, 15) is 0 Å². The molecule has 5 aromatic rings. The van der Waals surface area contributed by atoms with E-state index in [0.717, 1.165) is 26.7 Å². The maximum Gasteiger partial charge on any atom is 0.165 e. The molecule has 0 amide bonds. The molecule has 1 unspecified atom stereocenters.